The molecule has 1 saturated carbocycles. The van der Waals surface area contributed by atoms with Gasteiger partial charge in [-0.25, -0.2) is 4.79 Å². The summed E-state index contributed by atoms with van der Waals surface area (Å²) in [5, 5.41) is 20.1. The lowest BCUT2D eigenvalue weighted by molar-refractivity contribution is -0.172. The number of hydrogen-bond acceptors (Lipinski definition) is 3. The summed E-state index contributed by atoms with van der Waals surface area (Å²) in [6.45, 7) is 0. The zero-order valence-electron chi connectivity index (χ0n) is 14.9. The van der Waals surface area contributed by atoms with E-state index in [1.54, 1.807) is 4.90 Å². The maximum atomic E-state index is 13.7. The van der Waals surface area contributed by atoms with Crippen LogP contribution in [0.5, 0.6) is 0 Å². The van der Waals surface area contributed by atoms with E-state index < -0.39 is 30.0 Å². The van der Waals surface area contributed by atoms with Gasteiger partial charge in [0.15, 0.2) is 0 Å². The minimum absolute atomic E-state index is 0.193. The summed E-state index contributed by atoms with van der Waals surface area (Å²) in [4.78, 5) is 27.2. The van der Waals surface area contributed by atoms with Crippen LogP contribution in [0.1, 0.15) is 36.3 Å². The number of carboxylic acid groups (broad SMARTS) is 1. The molecule has 2 heterocycles. The van der Waals surface area contributed by atoms with E-state index in [-0.39, 0.29) is 11.9 Å². The van der Waals surface area contributed by atoms with Gasteiger partial charge in [0.25, 0.3) is 0 Å². The molecule has 0 spiro atoms. The molecule has 1 unspecified atom stereocenters. The number of hydrogen-bond donors (Lipinski definition) is 2. The van der Waals surface area contributed by atoms with Gasteiger partial charge in [-0.05, 0) is 30.4 Å². The van der Waals surface area contributed by atoms with Crippen molar-refractivity contribution >= 4 is 11.9 Å². The largest absolute Gasteiger partial charge is 0.480 e. The molecular weight excluding hydrogens is 342 g/mol. The molecule has 3 fully saturated rings. The number of aliphatic hydroxyl groups is 1. The molecule has 2 saturated heterocycles. The Kier molecular flexibility index (Phi) is 4.70. The van der Waals surface area contributed by atoms with E-state index in [9.17, 15) is 19.8 Å². The van der Waals surface area contributed by atoms with Crippen LogP contribution in [0.4, 0.5) is 0 Å². The highest BCUT2D eigenvalue weighted by atomic mass is 16.4. The van der Waals surface area contributed by atoms with Gasteiger partial charge in [-0.15, -0.1) is 0 Å². The second kappa shape index (κ2) is 7.16. The molecular formula is C22H23NO4. The summed E-state index contributed by atoms with van der Waals surface area (Å²) in [6.07, 6.45) is 1.19. The summed E-state index contributed by atoms with van der Waals surface area (Å²) in [5.74, 6) is -2.17. The molecule has 140 valence electrons. The van der Waals surface area contributed by atoms with Gasteiger partial charge in [0.05, 0.1) is 12.0 Å². The number of fused-ring (bicyclic) bond motifs is 3. The van der Waals surface area contributed by atoms with E-state index in [0.29, 0.717) is 12.8 Å². The number of carbonyl (C=O) groups excluding carboxylic acids is 1. The van der Waals surface area contributed by atoms with Crippen LogP contribution in [0.3, 0.4) is 0 Å². The minimum atomic E-state index is -1.03. The topological polar surface area (TPSA) is 77.8 Å². The van der Waals surface area contributed by atoms with Gasteiger partial charge in [-0.3, -0.25) is 4.79 Å². The van der Waals surface area contributed by atoms with Crippen molar-refractivity contribution in [3.05, 3.63) is 71.8 Å². The average Bonchev–Trinajstić information content (AvgIpc) is 2.69. The molecule has 5 nitrogen and oxygen atoms in total. The first-order chi connectivity index (χ1) is 13.1. The lowest BCUT2D eigenvalue weighted by Gasteiger charge is -2.52. The second-order valence-corrected chi connectivity index (χ2v) is 7.48. The van der Waals surface area contributed by atoms with Gasteiger partial charge in [0.2, 0.25) is 5.91 Å². The normalized spacial score (nSPS) is 27.0. The first kappa shape index (κ1) is 17.7. The number of carbonyl (C=O) groups is 2. The van der Waals surface area contributed by atoms with Gasteiger partial charge in [0, 0.05) is 12.0 Å². The number of nitrogens with zero attached hydrogens (tertiary/aromatic N) is 1. The highest BCUT2D eigenvalue weighted by molar-refractivity contribution is 5.91. The van der Waals surface area contributed by atoms with E-state index in [0.717, 1.165) is 17.5 Å². The Morgan fingerprint density at radius 2 is 1.48 bits per heavy atom. The first-order valence-electron chi connectivity index (χ1n) is 9.41. The summed E-state index contributed by atoms with van der Waals surface area (Å²) < 4.78 is 0. The molecule has 2 N–H and O–H groups in total. The standard InChI is InChI=1S/C22H23NO4/c24-18-13-16-11-12-17(18)20(22(26)27)23(16)21(25)19(14-7-3-1-4-8-14)15-9-5-2-6-10-15/h1-10,16-20,24H,11-13H2,(H,26,27)/t16-,17+,18?,20-/m0/s1. The molecule has 4 atom stereocenters. The first-order valence-corrected chi connectivity index (χ1v) is 9.41. The van der Waals surface area contributed by atoms with Gasteiger partial charge in [-0.2, -0.15) is 0 Å². The van der Waals surface area contributed by atoms with Crippen LogP contribution in [0, 0.1) is 5.92 Å². The Bertz CT molecular complexity index is 783. The van der Waals surface area contributed by atoms with Crippen molar-refractivity contribution in [1.82, 2.24) is 4.90 Å². The van der Waals surface area contributed by atoms with Crippen molar-refractivity contribution in [3.8, 4) is 0 Å². The molecule has 2 aromatic carbocycles. The maximum absolute atomic E-state index is 13.7. The van der Waals surface area contributed by atoms with Crippen molar-refractivity contribution in [1.29, 1.82) is 0 Å². The molecule has 0 aromatic heterocycles. The van der Waals surface area contributed by atoms with E-state index in [1.807, 2.05) is 60.7 Å². The van der Waals surface area contributed by atoms with Gasteiger partial charge < -0.3 is 15.1 Å². The maximum Gasteiger partial charge on any atom is 0.326 e. The number of rotatable bonds is 4. The highest BCUT2D eigenvalue weighted by Crippen LogP contribution is 2.42. The SMILES string of the molecule is O=C(O)[C@@H]1[C@@H]2CC[C@@H](CC2O)N1C(=O)C(c1ccccc1)c1ccccc1. The van der Waals surface area contributed by atoms with E-state index in [2.05, 4.69) is 0 Å². The van der Waals surface area contributed by atoms with Crippen LogP contribution in [-0.4, -0.2) is 45.2 Å². The van der Waals surface area contributed by atoms with Gasteiger partial charge >= 0.3 is 5.97 Å². The van der Waals surface area contributed by atoms with E-state index in [1.165, 1.54) is 0 Å². The monoisotopic (exact) mass is 365 g/mol. The van der Waals surface area contributed by atoms with E-state index >= 15 is 0 Å². The Morgan fingerprint density at radius 1 is 0.926 bits per heavy atom. The van der Waals surface area contributed by atoms with Crippen LogP contribution in [0.15, 0.2) is 60.7 Å². The van der Waals surface area contributed by atoms with Crippen molar-refractivity contribution in [2.75, 3.05) is 0 Å². The smallest absolute Gasteiger partial charge is 0.326 e. The van der Waals surface area contributed by atoms with E-state index in [4.69, 9.17) is 0 Å². The van der Waals surface area contributed by atoms with Crippen LogP contribution in [0.2, 0.25) is 0 Å². The molecule has 2 aliphatic heterocycles. The Morgan fingerprint density at radius 3 is 1.96 bits per heavy atom. The zero-order chi connectivity index (χ0) is 19.0. The van der Waals surface area contributed by atoms with Gasteiger partial charge in [0.1, 0.15) is 6.04 Å². The van der Waals surface area contributed by atoms with Crippen molar-refractivity contribution in [3.63, 3.8) is 0 Å². The van der Waals surface area contributed by atoms with Crippen LogP contribution < -0.4 is 0 Å². The number of benzene rings is 2. The second-order valence-electron chi connectivity index (χ2n) is 7.48. The minimum Gasteiger partial charge on any atom is -0.480 e. The van der Waals surface area contributed by atoms with Gasteiger partial charge in [-0.1, -0.05) is 60.7 Å². The van der Waals surface area contributed by atoms with Crippen molar-refractivity contribution < 1.29 is 19.8 Å². The number of aliphatic carboxylic acids is 1. The third-order valence-electron chi connectivity index (χ3n) is 5.96. The Labute approximate surface area is 158 Å². The summed E-state index contributed by atoms with van der Waals surface area (Å²) >= 11 is 0. The molecule has 2 aromatic rings. The average molecular weight is 365 g/mol. The lowest BCUT2D eigenvalue weighted by atomic mass is 9.71. The lowest BCUT2D eigenvalue weighted by Crippen LogP contribution is -2.65. The van der Waals surface area contributed by atoms with Crippen LogP contribution in [-0.2, 0) is 9.59 Å². The molecule has 27 heavy (non-hydrogen) atoms. The molecule has 0 radical (unpaired) electrons. The molecule has 5 heteroatoms. The quantitative estimate of drug-likeness (QED) is 0.873. The number of amides is 1. The predicted octanol–water partition coefficient (Wildman–Crippen LogP) is 2.64. The summed E-state index contributed by atoms with van der Waals surface area (Å²) in [7, 11) is 0. The van der Waals surface area contributed by atoms with Crippen molar-refractivity contribution in [2.45, 2.75) is 43.4 Å². The molecule has 1 amide bonds. The van der Waals surface area contributed by atoms with Crippen molar-refractivity contribution in [2.24, 2.45) is 5.92 Å². The summed E-state index contributed by atoms with van der Waals surface area (Å²) in [6, 6.07) is 17.8. The Hall–Kier alpha value is -2.66. The molecule has 3 aliphatic rings. The third-order valence-corrected chi connectivity index (χ3v) is 5.96. The molecule has 5 rings (SSSR count). The highest BCUT2D eigenvalue weighted by Gasteiger charge is 2.52. The Balaban J connectivity index is 1.76. The number of piperidine rings is 2. The predicted molar refractivity (Wildman–Crippen MR) is 100 cm³/mol. The fourth-order valence-corrected chi connectivity index (χ4v) is 4.74. The summed E-state index contributed by atoms with van der Waals surface area (Å²) in [5.41, 5.74) is 1.69. The third kappa shape index (κ3) is 3.12. The number of aliphatic hydroxyl groups excluding tert-OH is 1. The molecule has 1 aliphatic carbocycles. The van der Waals surface area contributed by atoms with Crippen LogP contribution >= 0.6 is 0 Å². The van der Waals surface area contributed by atoms with Crippen LogP contribution in [0.25, 0.3) is 0 Å². The molecule has 2 bridgehead atoms. The number of carboxylic acids is 1. The fourth-order valence-electron chi connectivity index (χ4n) is 4.74. The zero-order valence-corrected chi connectivity index (χ0v) is 14.9. The fraction of sp³-hybridized carbons (Fsp3) is 0.364.